The minimum Gasteiger partial charge on any atom is 0 e. The SMILES string of the molecule is C.C.CC.CC.CC.CC.C[Si](C)(C)OCN(c1ccccc1)c1ccc2ncc(Br)c(Cl)c2c1.Clc1c(Br)cnc2ccc(Nc3ccccc3)cc12.I[I-]I.[2H]B(O)O.[2H]B1OC(C)(C)C(C)(C)O1.[2H]c1cnc2ccc(N(CO[Si](C)(C)C)c3ccccc3)cc2c1.[2H]c1cnc2ccc(N(CO[Si](C)(C)C)c3ccccc3)cc2c1Cl.[CH2-]O[Si](C)(C)C.[CH3-].[CH3-].[I][V]([I])[I].[I][V][I].[I][V][I].[W].[W].[W]. The Labute approximate surface area is 1040 Å². The van der Waals surface area contributed by atoms with Crippen molar-refractivity contribution in [2.45, 2.75) is 188 Å². The van der Waals surface area contributed by atoms with Gasteiger partial charge in [0.1, 0.15) is 28.5 Å². The zero-order chi connectivity index (χ0) is 103. The number of nitrogens with zero attached hydrogens (tertiary/aromatic N) is 7. The van der Waals surface area contributed by atoms with E-state index in [-0.39, 0.29) is 115 Å². The molecule has 13 rings (SSSR count). The Bertz CT molecular complexity index is 5060. The number of para-hydroxylation sites is 4. The van der Waals surface area contributed by atoms with Crippen molar-refractivity contribution in [2.75, 3.05) is 40.2 Å². The molecule has 3 N–H and O–H groups in total. The van der Waals surface area contributed by atoms with Crippen molar-refractivity contribution in [2.24, 2.45) is 0 Å². The molecular weight excluding hydrogens is 3740 g/mol. The van der Waals surface area contributed by atoms with Crippen LogP contribution in [0, 0.1) is 22.0 Å². The Balaban J connectivity index is -0.000000205. The topological polar surface area (TPSA) is 169 Å². The molecule has 0 amide bonds. The summed E-state index contributed by atoms with van der Waals surface area (Å²) in [4.78, 5) is 23.5. The number of fused-ring (bicyclic) bond motifs is 4. The van der Waals surface area contributed by atoms with Gasteiger partial charge in [-0.3, -0.25) is 19.9 Å². The summed E-state index contributed by atoms with van der Waals surface area (Å²) in [5.74, 6) is 0. The summed E-state index contributed by atoms with van der Waals surface area (Å²) in [6.45, 7) is 51.1. The number of anilines is 8. The van der Waals surface area contributed by atoms with Crippen molar-refractivity contribution in [1.82, 2.24) is 19.9 Å². The van der Waals surface area contributed by atoms with Crippen LogP contribution in [0.15, 0.2) is 246 Å². The van der Waals surface area contributed by atoms with Crippen molar-refractivity contribution in [3.05, 3.63) is 283 Å². The monoisotopic (exact) mass is 3880 g/mol. The van der Waals surface area contributed by atoms with E-state index in [1.165, 1.54) is 6.20 Å². The second-order valence-corrected chi connectivity index (χ2v) is 126. The fraction of sp³-hybridized carbons (Fsp3) is 0.330. The van der Waals surface area contributed by atoms with Gasteiger partial charge in [-0.2, -0.15) is 0 Å². The van der Waals surface area contributed by atoms with Gasteiger partial charge in [0.05, 0.1) is 62.7 Å². The van der Waals surface area contributed by atoms with Crippen LogP contribution in [-0.4, -0.2) is 113 Å². The summed E-state index contributed by atoms with van der Waals surface area (Å²) < 4.78 is 63.9. The summed E-state index contributed by atoms with van der Waals surface area (Å²) in [5.41, 5.74) is 11.0. The molecule has 0 aliphatic carbocycles. The zero-order valence-corrected chi connectivity index (χ0v) is 125. The first-order valence-electron chi connectivity index (χ1n) is 42.7. The van der Waals surface area contributed by atoms with Crippen LogP contribution in [0.2, 0.25) is 93.6 Å². The minimum absolute atomic E-state index is 0. The molecule has 12 aromatic rings. The number of hydrogen-bond donors (Lipinski definition) is 3. The van der Waals surface area contributed by atoms with Crippen molar-refractivity contribution in [3.8, 4) is 0 Å². The molecule has 137 heavy (non-hydrogen) atoms. The maximum Gasteiger partial charge on any atom is 0 e. The third kappa shape index (κ3) is 68.9. The smallest absolute Gasteiger partial charge is 0 e. The predicted octanol–water partition coefficient (Wildman–Crippen LogP) is 35.0. The molecule has 766 valence electrons. The fourth-order valence-corrected chi connectivity index (χ4v) is 12.4. The Kier molecular flexibility index (Phi) is 98.9. The average Bonchev–Trinajstić information content (AvgIpc) is 1.67. The Hall–Kier alpha value is 4.23. The van der Waals surface area contributed by atoms with Crippen molar-refractivity contribution >= 4 is 381 Å². The van der Waals surface area contributed by atoms with Gasteiger partial charge in [-0.25, -0.2) is 7.11 Å². The third-order valence-corrected chi connectivity index (χ3v) is 22.9. The van der Waals surface area contributed by atoms with E-state index < -0.39 is 48.6 Å². The molecule has 43 heteroatoms. The van der Waals surface area contributed by atoms with E-state index >= 15 is 0 Å². The molecule has 0 bridgehead atoms. The quantitative estimate of drug-likeness (QED) is 0.0321. The first kappa shape index (κ1) is 150. The molecule has 16 nitrogen and oxygen atoms in total. The molecule has 1 aliphatic rings. The number of hydrogen-bond acceptors (Lipinski definition) is 16. The summed E-state index contributed by atoms with van der Waals surface area (Å²) in [6, 6.07) is 67.2. The fourth-order valence-electron chi connectivity index (χ4n) is 9.63. The van der Waals surface area contributed by atoms with Crippen molar-refractivity contribution in [3.63, 3.8) is 0 Å². The zero-order valence-electron chi connectivity index (χ0n) is 85.1. The van der Waals surface area contributed by atoms with Gasteiger partial charge in [0, 0.05) is 155 Å². The average molecular weight is 3890 g/mol. The molecule has 1 aliphatic heterocycles. The van der Waals surface area contributed by atoms with Gasteiger partial charge >= 0.3 is 229 Å². The number of nitrogens with one attached hydrogen (secondary N) is 1. The van der Waals surface area contributed by atoms with E-state index in [9.17, 15) is 0 Å². The second-order valence-electron chi connectivity index (χ2n) is 30.0. The number of pyridine rings is 4. The molecule has 1 saturated heterocycles. The van der Waals surface area contributed by atoms with Gasteiger partial charge < -0.3 is 71.9 Å². The predicted molar refractivity (Wildman–Crippen MR) is 677 cm³/mol. The molecule has 0 atom stereocenters. The van der Waals surface area contributed by atoms with Gasteiger partial charge in [0.25, 0.3) is 0 Å². The standard InChI is InChI=1S/C19H20BrClN2OSi.C19H21ClN2OSi.C19H22N2OSi.C15H10BrClN2.C6H13BO2.C4H11OSi.4C2H6.2CH4.2CH3.BH3O2.I3.7HI.3V.3W/c1-25(2,3)24-13-23(14-7-5-4-6-8-14)15-9-10-18-16(11-15)19(21)17(20)12-22-18;1-24(2,3)23-14-22(15-7-5-4-6-8-15)16-9-10-19-17(13-16)18(20)11-12-21-19;1-23(2,3)22-15-21(17-9-5-4-6-10-17)18-11-12-19-16(14-18)8-7-13-20-19;16-13-9-18-14-7-6-11(8-12(14)15(13)17)19-10-4-2-1-3-5-10;1-5(2)6(3,4)9-7-8-5;1-5-6(2,3)4;4*1-2;;;;;2-1-3;1-3-2;;;;;;;;;;;;;/h4-12H,13H2,1-3H3;4-13H,14H2,1-3H3;4-14H,15H2,1-3H3;1-9,19H;7H,1-4H3;1H2,2-4H3;4*1-2H3;2*1H4;2*1H3;1-3H;;7*1H;;;;;;/q;;;;;-1;;;;;;;2*-1;;-1;;;;;;;;2*+2;+3;;;/p-7/i;11D;7D;;7D;;;;;;;;;;1D;;;;;;;;;;;;;;. The van der Waals surface area contributed by atoms with Crippen LogP contribution in [0.5, 0.6) is 0 Å². The van der Waals surface area contributed by atoms with Crippen LogP contribution in [0.1, 0.15) is 101 Å². The first-order valence-corrected chi connectivity index (χ1v) is 101. The van der Waals surface area contributed by atoms with E-state index in [4.69, 9.17) is 77.3 Å². The van der Waals surface area contributed by atoms with E-state index in [0.717, 1.165) is 98.1 Å². The van der Waals surface area contributed by atoms with Gasteiger partial charge in [-0.05, 0) is 272 Å². The number of rotatable bonds is 18. The number of halogens is 15. The van der Waals surface area contributed by atoms with E-state index in [1.807, 2.05) is 223 Å². The van der Waals surface area contributed by atoms with Crippen LogP contribution < -0.4 is 33.3 Å². The molecule has 1 fully saturated rings. The molecule has 0 radical (unpaired) electrons. The molecule has 8 aromatic carbocycles. The van der Waals surface area contributed by atoms with Gasteiger partial charge in [0.2, 0.25) is 0 Å². The van der Waals surface area contributed by atoms with Crippen LogP contribution >= 0.6 is 244 Å². The summed E-state index contributed by atoms with van der Waals surface area (Å²) >= 11 is 48.1. The van der Waals surface area contributed by atoms with E-state index in [2.05, 4.69) is 395 Å². The molecule has 0 unspecified atom stereocenters. The van der Waals surface area contributed by atoms with Crippen LogP contribution in [-0.2, 0) is 114 Å². The van der Waals surface area contributed by atoms with Crippen LogP contribution in [0.25, 0.3) is 43.6 Å². The van der Waals surface area contributed by atoms with Crippen molar-refractivity contribution in [1.29, 1.82) is 2.67 Å². The van der Waals surface area contributed by atoms with Crippen molar-refractivity contribution < 1.29 is 140 Å². The molecule has 0 spiro atoms. The van der Waals surface area contributed by atoms with Gasteiger partial charge in [0.15, 0.2) is 25.0 Å². The Morgan fingerprint density at radius 1 is 0.489 bits per heavy atom. The minimum atomic E-state index is -1.92. The normalized spacial score (nSPS) is 11.5. The van der Waals surface area contributed by atoms with E-state index in [0.29, 0.717) is 73.5 Å². The molecule has 0 saturated carbocycles. The third-order valence-electron chi connectivity index (χ3n) is 16.3. The second kappa shape index (κ2) is 90.6. The molecule has 5 heterocycles. The van der Waals surface area contributed by atoms with Crippen LogP contribution in [0.3, 0.4) is 0 Å². The number of aromatic nitrogens is 4. The summed E-state index contributed by atoms with van der Waals surface area (Å²) in [7, 11) is -4.35. The molecule has 4 aromatic heterocycles. The van der Waals surface area contributed by atoms with Crippen LogP contribution in [0.4, 0.5) is 45.5 Å². The largest absolute Gasteiger partial charge is 0 e. The van der Waals surface area contributed by atoms with E-state index in [1.54, 1.807) is 18.6 Å². The summed E-state index contributed by atoms with van der Waals surface area (Å²) in [6.07, 6.45) is 6.50. The van der Waals surface area contributed by atoms with Gasteiger partial charge in [-0.15, -0.1) is 0 Å². The van der Waals surface area contributed by atoms with Gasteiger partial charge in [-0.1, -0.05) is 184 Å². The summed E-state index contributed by atoms with van der Waals surface area (Å²) in [5, 5.41) is 23.3. The molecular formula is C94H138B2Br2Cl3I10N8O8Si4V3W3-4. The first-order chi connectivity index (χ1) is 63.0. The maximum absolute atomic E-state index is 7.88. The maximum atomic E-state index is 7.88. The Morgan fingerprint density at radius 2 is 0.774 bits per heavy atom. The number of benzene rings is 8. The Morgan fingerprint density at radius 3 is 1.09 bits per heavy atom.